The number of nitrogens with one attached hydrogen (secondary N) is 3. The number of guanidine groups is 1. The van der Waals surface area contributed by atoms with Gasteiger partial charge < -0.3 is 16.0 Å². The molecule has 0 bridgehead atoms. The molecule has 8 heteroatoms. The van der Waals surface area contributed by atoms with Crippen molar-refractivity contribution in [3.63, 3.8) is 0 Å². The van der Waals surface area contributed by atoms with Crippen LogP contribution in [0.2, 0.25) is 0 Å². The lowest BCUT2D eigenvalue weighted by atomic mass is 10.1. The molecule has 0 aromatic carbocycles. The molecule has 1 heterocycles. The molecule has 0 radical (unpaired) electrons. The fourth-order valence-electron chi connectivity index (χ4n) is 1.71. The Kier molecular flexibility index (Phi) is 10.4. The normalized spacial score (nSPS) is 11.6. The van der Waals surface area contributed by atoms with Crippen LogP contribution in [0.15, 0.2) is 10.4 Å². The van der Waals surface area contributed by atoms with E-state index in [1.165, 1.54) is 0 Å². The first kappa shape index (κ1) is 22.1. The van der Waals surface area contributed by atoms with Gasteiger partial charge in [-0.2, -0.15) is 0 Å². The van der Waals surface area contributed by atoms with E-state index in [0.717, 1.165) is 23.7 Å². The van der Waals surface area contributed by atoms with Crippen LogP contribution >= 0.6 is 35.3 Å². The molecule has 1 rings (SSSR count). The summed E-state index contributed by atoms with van der Waals surface area (Å²) in [6.45, 7) is 11.4. The second kappa shape index (κ2) is 10.8. The summed E-state index contributed by atoms with van der Waals surface area (Å²) in [5, 5.41) is 12.2. The average molecular weight is 453 g/mol. The number of aromatic nitrogens is 1. The lowest BCUT2D eigenvalue weighted by Gasteiger charge is -2.21. The van der Waals surface area contributed by atoms with Crippen LogP contribution in [0.5, 0.6) is 0 Å². The largest absolute Gasteiger partial charge is 0.357 e. The summed E-state index contributed by atoms with van der Waals surface area (Å²) in [6.07, 6.45) is 0.944. The van der Waals surface area contributed by atoms with Crippen LogP contribution < -0.4 is 16.0 Å². The van der Waals surface area contributed by atoms with Crippen LogP contribution in [0, 0.1) is 0 Å². The van der Waals surface area contributed by atoms with E-state index in [9.17, 15) is 4.79 Å². The Hall–Kier alpha value is -0.900. The van der Waals surface area contributed by atoms with Crippen molar-refractivity contribution < 1.29 is 4.79 Å². The summed E-state index contributed by atoms with van der Waals surface area (Å²) < 4.78 is 0. The van der Waals surface area contributed by atoms with Crippen molar-refractivity contribution in [2.45, 2.75) is 53.1 Å². The summed E-state index contributed by atoms with van der Waals surface area (Å²) in [4.78, 5) is 20.8. The zero-order valence-corrected chi connectivity index (χ0v) is 17.7. The Morgan fingerprint density at radius 3 is 2.52 bits per heavy atom. The number of amides is 1. The van der Waals surface area contributed by atoms with Crippen molar-refractivity contribution in [1.82, 2.24) is 20.9 Å². The Morgan fingerprint density at radius 2 is 2.00 bits per heavy atom. The van der Waals surface area contributed by atoms with Crippen molar-refractivity contribution in [2.24, 2.45) is 4.99 Å². The number of thiazole rings is 1. The summed E-state index contributed by atoms with van der Waals surface area (Å²) in [5.41, 5.74) is 0.726. The number of aliphatic imine (C=N–C) groups is 1. The fraction of sp³-hybridized carbons (Fsp3) is 0.667. The highest BCUT2D eigenvalue weighted by atomic mass is 127. The molecule has 0 saturated heterocycles. The second-order valence-corrected chi connectivity index (χ2v) is 6.88. The van der Waals surface area contributed by atoms with Crippen molar-refractivity contribution in [3.05, 3.63) is 16.1 Å². The predicted octanol–water partition coefficient (Wildman–Crippen LogP) is 2.29. The minimum absolute atomic E-state index is 0. The van der Waals surface area contributed by atoms with Crippen LogP contribution in [0.3, 0.4) is 0 Å². The molecule has 1 amide bonds. The highest BCUT2D eigenvalue weighted by molar-refractivity contribution is 14.0. The van der Waals surface area contributed by atoms with Gasteiger partial charge >= 0.3 is 0 Å². The van der Waals surface area contributed by atoms with Gasteiger partial charge in [-0.25, -0.2) is 9.98 Å². The predicted molar refractivity (Wildman–Crippen MR) is 108 cm³/mol. The van der Waals surface area contributed by atoms with Gasteiger partial charge in [-0.1, -0.05) is 6.92 Å². The van der Waals surface area contributed by atoms with Crippen LogP contribution in [-0.4, -0.2) is 35.5 Å². The zero-order valence-electron chi connectivity index (χ0n) is 14.5. The maximum Gasteiger partial charge on any atom is 0.239 e. The van der Waals surface area contributed by atoms with Gasteiger partial charge in [0.15, 0.2) is 5.96 Å². The molecule has 0 saturated carbocycles. The number of nitrogens with zero attached hydrogens (tertiary/aromatic N) is 2. The first-order chi connectivity index (χ1) is 10.3. The van der Waals surface area contributed by atoms with Crippen LogP contribution in [0.4, 0.5) is 0 Å². The minimum atomic E-state index is -0.231. The molecule has 0 aliphatic carbocycles. The zero-order chi connectivity index (χ0) is 16.6. The number of hydrogen-bond acceptors (Lipinski definition) is 4. The van der Waals surface area contributed by atoms with Gasteiger partial charge in [0.25, 0.3) is 0 Å². The van der Waals surface area contributed by atoms with Crippen LogP contribution in [0.1, 0.15) is 45.3 Å². The molecule has 6 nitrogen and oxygen atoms in total. The molecular weight excluding hydrogens is 425 g/mol. The van der Waals surface area contributed by atoms with E-state index in [0.29, 0.717) is 12.5 Å². The lowest BCUT2D eigenvalue weighted by Crippen LogP contribution is -2.48. The van der Waals surface area contributed by atoms with Gasteiger partial charge in [0.1, 0.15) is 0 Å². The number of rotatable bonds is 6. The number of aryl methyl sites for hydroxylation is 1. The van der Waals surface area contributed by atoms with E-state index in [1.54, 1.807) is 11.3 Å². The smallest absolute Gasteiger partial charge is 0.239 e. The molecular formula is C15H28IN5OS. The Bertz CT molecular complexity index is 510. The first-order valence-corrected chi connectivity index (χ1v) is 8.48. The third kappa shape index (κ3) is 9.75. The molecule has 3 N–H and O–H groups in total. The first-order valence-electron chi connectivity index (χ1n) is 7.60. The SMILES string of the molecule is CCNC(=NCc1csc(CC)n1)NCC(=O)NC(C)(C)C.I. The molecule has 132 valence electrons. The summed E-state index contributed by atoms with van der Waals surface area (Å²) in [6, 6.07) is 0. The average Bonchev–Trinajstić information content (AvgIpc) is 2.88. The van der Waals surface area contributed by atoms with Crippen LogP contribution in [0.25, 0.3) is 0 Å². The second-order valence-electron chi connectivity index (χ2n) is 5.93. The van der Waals surface area contributed by atoms with Gasteiger partial charge in [-0.15, -0.1) is 35.3 Å². The van der Waals surface area contributed by atoms with Gasteiger partial charge in [-0.05, 0) is 34.1 Å². The highest BCUT2D eigenvalue weighted by Gasteiger charge is 2.13. The molecule has 0 unspecified atom stereocenters. The van der Waals surface area contributed by atoms with Crippen molar-refractivity contribution in [1.29, 1.82) is 0 Å². The van der Waals surface area contributed by atoms with Crippen molar-refractivity contribution in [2.75, 3.05) is 13.1 Å². The van der Waals surface area contributed by atoms with E-state index < -0.39 is 0 Å². The number of hydrogen-bond donors (Lipinski definition) is 3. The van der Waals surface area contributed by atoms with E-state index >= 15 is 0 Å². The van der Waals surface area contributed by atoms with Gasteiger partial charge in [0.2, 0.25) is 5.91 Å². The van der Waals surface area contributed by atoms with E-state index in [1.807, 2.05) is 33.1 Å². The van der Waals surface area contributed by atoms with Gasteiger partial charge in [0, 0.05) is 17.5 Å². The fourth-order valence-corrected chi connectivity index (χ4v) is 2.45. The molecule has 0 atom stereocenters. The van der Waals surface area contributed by atoms with Gasteiger partial charge in [-0.3, -0.25) is 4.79 Å². The van der Waals surface area contributed by atoms with E-state index in [4.69, 9.17) is 0 Å². The Morgan fingerprint density at radius 1 is 1.30 bits per heavy atom. The monoisotopic (exact) mass is 453 g/mol. The maximum atomic E-state index is 11.8. The van der Waals surface area contributed by atoms with Gasteiger partial charge in [0.05, 0.1) is 23.8 Å². The van der Waals surface area contributed by atoms with Crippen LogP contribution in [-0.2, 0) is 17.8 Å². The van der Waals surface area contributed by atoms with E-state index in [2.05, 4.69) is 32.9 Å². The minimum Gasteiger partial charge on any atom is -0.357 e. The number of carbonyl (C=O) groups is 1. The molecule has 23 heavy (non-hydrogen) atoms. The Balaban J connectivity index is 0.00000484. The Labute approximate surface area is 160 Å². The molecule has 0 aliphatic rings. The number of halogens is 1. The summed E-state index contributed by atoms with van der Waals surface area (Å²) in [5.74, 6) is 0.567. The van der Waals surface area contributed by atoms with Crippen molar-refractivity contribution in [3.8, 4) is 0 Å². The molecule has 1 aromatic heterocycles. The lowest BCUT2D eigenvalue weighted by molar-refractivity contribution is -0.121. The third-order valence-corrected chi connectivity index (χ3v) is 3.62. The third-order valence-electron chi connectivity index (χ3n) is 2.58. The molecule has 0 spiro atoms. The molecule has 1 aromatic rings. The maximum absolute atomic E-state index is 11.8. The molecule has 0 fully saturated rings. The summed E-state index contributed by atoms with van der Waals surface area (Å²) >= 11 is 1.65. The quantitative estimate of drug-likeness (QED) is 0.351. The standard InChI is InChI=1S/C15H27N5OS.HI/c1-6-13-19-11(10-22-13)8-17-14(16-7-2)18-9-12(21)20-15(3,4)5;/h10H,6-9H2,1-5H3,(H,20,21)(H2,16,17,18);1H. The van der Waals surface area contributed by atoms with E-state index in [-0.39, 0.29) is 42.0 Å². The summed E-state index contributed by atoms with van der Waals surface area (Å²) in [7, 11) is 0. The van der Waals surface area contributed by atoms with Crippen molar-refractivity contribution >= 4 is 47.2 Å². The highest BCUT2D eigenvalue weighted by Crippen LogP contribution is 2.10. The topological polar surface area (TPSA) is 78.4 Å². The molecule has 0 aliphatic heterocycles. The number of carbonyl (C=O) groups excluding carboxylic acids is 1.